The summed E-state index contributed by atoms with van der Waals surface area (Å²) < 4.78 is 7.42. The molecule has 2 aromatic heterocycles. The van der Waals surface area contributed by atoms with Gasteiger partial charge < -0.3 is 21.1 Å². The van der Waals surface area contributed by atoms with E-state index in [-0.39, 0.29) is 0 Å². The number of nitrogens with one attached hydrogen (secondary N) is 2. The molecule has 1 aliphatic carbocycles. The lowest BCUT2D eigenvalue weighted by atomic mass is 9.92. The van der Waals surface area contributed by atoms with Crippen molar-refractivity contribution in [1.29, 1.82) is 0 Å². The van der Waals surface area contributed by atoms with Crippen LogP contribution >= 0.6 is 0 Å². The fraction of sp³-hybridized carbons (Fsp3) is 0.455. The monoisotopic (exact) mass is 394 g/mol. The lowest BCUT2D eigenvalue weighted by Crippen LogP contribution is -2.33. The minimum atomic E-state index is 0.334. The minimum absolute atomic E-state index is 0.334. The smallest absolute Gasteiger partial charge is 0.159 e. The van der Waals surface area contributed by atoms with Crippen LogP contribution < -0.4 is 21.1 Å². The number of fused-ring (bicyclic) bond motifs is 1. The summed E-state index contributed by atoms with van der Waals surface area (Å²) in [6, 6.07) is 10.7. The maximum absolute atomic E-state index is 6.07. The molecule has 1 aromatic carbocycles. The number of benzene rings is 1. The van der Waals surface area contributed by atoms with Gasteiger partial charge >= 0.3 is 0 Å². The van der Waals surface area contributed by atoms with Crippen LogP contribution in [0.1, 0.15) is 45.1 Å². The molecule has 0 atom stereocenters. The summed E-state index contributed by atoms with van der Waals surface area (Å²) in [6.07, 6.45) is 6.91. The summed E-state index contributed by atoms with van der Waals surface area (Å²) in [5, 5.41) is 11.7. The molecule has 0 unspecified atom stereocenters. The molecule has 3 aromatic rings. The second kappa shape index (κ2) is 8.69. The molecular weight excluding hydrogens is 364 g/mol. The van der Waals surface area contributed by atoms with Crippen molar-refractivity contribution in [2.45, 2.75) is 58.0 Å². The van der Waals surface area contributed by atoms with E-state index in [9.17, 15) is 0 Å². The lowest BCUT2D eigenvalue weighted by Gasteiger charge is -2.28. The van der Waals surface area contributed by atoms with Crippen molar-refractivity contribution in [3.05, 3.63) is 42.1 Å². The van der Waals surface area contributed by atoms with Gasteiger partial charge in [-0.3, -0.25) is 0 Å². The third kappa shape index (κ3) is 4.29. The van der Waals surface area contributed by atoms with Crippen LogP contribution in [0.2, 0.25) is 0 Å². The van der Waals surface area contributed by atoms with Crippen molar-refractivity contribution >= 4 is 23.0 Å². The Morgan fingerprint density at radius 3 is 2.55 bits per heavy atom. The minimum Gasteiger partial charge on any atom is -0.494 e. The molecule has 0 bridgehead atoms. The summed E-state index contributed by atoms with van der Waals surface area (Å²) in [6.45, 7) is 4.80. The number of aromatic nitrogens is 3. The average Bonchev–Trinajstić information content (AvgIpc) is 3.20. The Kier molecular flexibility index (Phi) is 5.85. The van der Waals surface area contributed by atoms with Gasteiger partial charge in [0, 0.05) is 29.4 Å². The topological polar surface area (TPSA) is 89.5 Å². The second-order valence-corrected chi connectivity index (χ2v) is 7.58. The average molecular weight is 395 g/mol. The SMILES string of the molecule is CCOc1ccc(Nc2c(CC)c(NC3CCC(N)CC3)nc3ccnn23)cc1. The number of anilines is 3. The highest BCUT2D eigenvalue weighted by molar-refractivity contribution is 5.69. The third-order valence-corrected chi connectivity index (χ3v) is 5.53. The fourth-order valence-corrected chi connectivity index (χ4v) is 3.95. The number of hydrogen-bond donors (Lipinski definition) is 3. The van der Waals surface area contributed by atoms with E-state index < -0.39 is 0 Å². The standard InChI is InChI=1S/C22H30N6O/c1-3-19-21(25-16-7-5-15(23)6-8-16)27-20-13-14-24-28(20)22(19)26-17-9-11-18(12-10-17)29-4-2/h9-16,26H,3-8,23H2,1-2H3,(H,25,27). The quantitative estimate of drug-likeness (QED) is 0.559. The van der Waals surface area contributed by atoms with Crippen LogP contribution in [0.5, 0.6) is 5.75 Å². The summed E-state index contributed by atoms with van der Waals surface area (Å²) in [5.74, 6) is 2.75. The largest absolute Gasteiger partial charge is 0.494 e. The van der Waals surface area contributed by atoms with Crippen molar-refractivity contribution in [3.63, 3.8) is 0 Å². The molecule has 0 aliphatic heterocycles. The van der Waals surface area contributed by atoms with E-state index in [0.717, 1.165) is 66.4 Å². The van der Waals surface area contributed by atoms with Gasteiger partial charge in [0.05, 0.1) is 12.8 Å². The van der Waals surface area contributed by atoms with Crippen LogP contribution in [0, 0.1) is 0 Å². The van der Waals surface area contributed by atoms with Crippen LogP contribution in [-0.2, 0) is 6.42 Å². The number of hydrogen-bond acceptors (Lipinski definition) is 6. The molecule has 1 aliphatic rings. The number of nitrogens with zero attached hydrogens (tertiary/aromatic N) is 3. The normalized spacial score (nSPS) is 19.3. The van der Waals surface area contributed by atoms with Crippen molar-refractivity contribution in [3.8, 4) is 5.75 Å². The zero-order valence-electron chi connectivity index (χ0n) is 17.2. The molecule has 4 N–H and O–H groups in total. The van der Waals surface area contributed by atoms with Crippen LogP contribution in [0.15, 0.2) is 36.5 Å². The van der Waals surface area contributed by atoms with Gasteiger partial charge in [-0.1, -0.05) is 6.92 Å². The number of ether oxygens (including phenoxy) is 1. The molecule has 1 fully saturated rings. The summed E-state index contributed by atoms with van der Waals surface area (Å²) in [4.78, 5) is 4.86. The Hall–Kier alpha value is -2.80. The van der Waals surface area contributed by atoms with Crippen LogP contribution in [-0.4, -0.2) is 33.3 Å². The van der Waals surface area contributed by atoms with Gasteiger partial charge in [-0.15, -0.1) is 0 Å². The first-order chi connectivity index (χ1) is 14.2. The van der Waals surface area contributed by atoms with Crippen LogP contribution in [0.3, 0.4) is 0 Å². The predicted molar refractivity (Wildman–Crippen MR) is 117 cm³/mol. The Balaban J connectivity index is 1.65. The van der Waals surface area contributed by atoms with Crippen molar-refractivity contribution < 1.29 is 4.74 Å². The van der Waals surface area contributed by atoms with Gasteiger partial charge in [-0.05, 0) is 63.3 Å². The van der Waals surface area contributed by atoms with E-state index in [4.69, 9.17) is 15.5 Å². The van der Waals surface area contributed by atoms with E-state index in [1.807, 2.05) is 41.8 Å². The Morgan fingerprint density at radius 1 is 1.10 bits per heavy atom. The highest BCUT2D eigenvalue weighted by atomic mass is 16.5. The van der Waals surface area contributed by atoms with E-state index in [1.54, 1.807) is 6.20 Å². The van der Waals surface area contributed by atoms with Crippen molar-refractivity contribution in [2.75, 3.05) is 17.2 Å². The summed E-state index contributed by atoms with van der Waals surface area (Å²) in [7, 11) is 0. The van der Waals surface area contributed by atoms with Gasteiger partial charge in [0.25, 0.3) is 0 Å². The van der Waals surface area contributed by atoms with E-state index in [1.165, 1.54) is 0 Å². The van der Waals surface area contributed by atoms with Crippen molar-refractivity contribution in [1.82, 2.24) is 14.6 Å². The maximum Gasteiger partial charge on any atom is 0.159 e. The Bertz CT molecular complexity index is 944. The Labute approximate surface area is 171 Å². The van der Waals surface area contributed by atoms with E-state index in [2.05, 4.69) is 22.7 Å². The fourth-order valence-electron chi connectivity index (χ4n) is 3.95. The third-order valence-electron chi connectivity index (χ3n) is 5.53. The molecule has 4 rings (SSSR count). The highest BCUT2D eigenvalue weighted by Crippen LogP contribution is 2.30. The molecule has 7 heteroatoms. The van der Waals surface area contributed by atoms with Crippen molar-refractivity contribution in [2.24, 2.45) is 5.73 Å². The highest BCUT2D eigenvalue weighted by Gasteiger charge is 2.22. The molecule has 1 saturated carbocycles. The van der Waals surface area contributed by atoms with Gasteiger partial charge in [0.2, 0.25) is 0 Å². The second-order valence-electron chi connectivity index (χ2n) is 7.58. The first-order valence-corrected chi connectivity index (χ1v) is 10.6. The first kappa shape index (κ1) is 19.5. The van der Waals surface area contributed by atoms with Gasteiger partial charge in [0.15, 0.2) is 5.65 Å². The molecule has 2 heterocycles. The molecule has 154 valence electrons. The van der Waals surface area contributed by atoms with Crippen LogP contribution in [0.4, 0.5) is 17.3 Å². The summed E-state index contributed by atoms with van der Waals surface area (Å²) in [5.41, 5.74) is 9.01. The zero-order chi connectivity index (χ0) is 20.2. The molecule has 7 nitrogen and oxygen atoms in total. The summed E-state index contributed by atoms with van der Waals surface area (Å²) >= 11 is 0. The van der Waals surface area contributed by atoms with E-state index >= 15 is 0 Å². The number of rotatable bonds is 7. The zero-order valence-corrected chi connectivity index (χ0v) is 17.2. The molecule has 0 radical (unpaired) electrons. The molecule has 0 spiro atoms. The van der Waals surface area contributed by atoms with Gasteiger partial charge in [0.1, 0.15) is 17.4 Å². The molecule has 29 heavy (non-hydrogen) atoms. The molecule has 0 amide bonds. The Morgan fingerprint density at radius 2 is 1.86 bits per heavy atom. The maximum atomic E-state index is 6.07. The van der Waals surface area contributed by atoms with Gasteiger partial charge in [-0.25, -0.2) is 4.98 Å². The van der Waals surface area contributed by atoms with Gasteiger partial charge in [-0.2, -0.15) is 9.61 Å². The molecular formula is C22H30N6O. The number of nitrogens with two attached hydrogens (primary N) is 1. The van der Waals surface area contributed by atoms with E-state index in [0.29, 0.717) is 18.7 Å². The first-order valence-electron chi connectivity index (χ1n) is 10.6. The molecule has 0 saturated heterocycles. The van der Waals surface area contributed by atoms with Crippen LogP contribution in [0.25, 0.3) is 5.65 Å². The lowest BCUT2D eigenvalue weighted by molar-refractivity contribution is 0.340. The predicted octanol–water partition coefficient (Wildman–Crippen LogP) is 4.12.